The molecule has 3 heteroatoms. The van der Waals surface area contributed by atoms with Crippen molar-refractivity contribution in [2.75, 3.05) is 0 Å². The second-order valence-electron chi connectivity index (χ2n) is 4.46. The molecule has 0 aliphatic carbocycles. The molecule has 0 aliphatic rings. The van der Waals surface area contributed by atoms with Crippen molar-refractivity contribution in [1.82, 2.24) is 0 Å². The van der Waals surface area contributed by atoms with Crippen LogP contribution in [0.2, 0.25) is 0 Å². The minimum atomic E-state index is -0.787. The van der Waals surface area contributed by atoms with Gasteiger partial charge in [-0.25, -0.2) is 8.78 Å². The normalized spacial score (nSPS) is 12.5. The Hall–Kier alpha value is -1.74. The van der Waals surface area contributed by atoms with Crippen molar-refractivity contribution >= 4 is 0 Å². The Morgan fingerprint density at radius 3 is 2.11 bits per heavy atom. The molecule has 94 valence electrons. The molecular weight excluding hydrogens is 232 g/mol. The molecule has 0 aromatic heterocycles. The topological polar surface area (TPSA) is 26.0 Å². The van der Waals surface area contributed by atoms with Crippen LogP contribution in [-0.2, 0) is 0 Å². The number of hydrogen-bond acceptors (Lipinski definition) is 1. The summed E-state index contributed by atoms with van der Waals surface area (Å²) in [5.74, 6) is -1.22. The van der Waals surface area contributed by atoms with Crippen molar-refractivity contribution in [2.45, 2.75) is 19.9 Å². The maximum atomic E-state index is 13.6. The van der Waals surface area contributed by atoms with E-state index in [2.05, 4.69) is 0 Å². The summed E-state index contributed by atoms with van der Waals surface area (Å²) in [6, 6.07) is 8.57. The summed E-state index contributed by atoms with van der Waals surface area (Å²) in [4.78, 5) is 0. The first-order valence-corrected chi connectivity index (χ1v) is 5.77. The average molecular weight is 247 g/mol. The third-order valence-electron chi connectivity index (χ3n) is 3.20. The van der Waals surface area contributed by atoms with Gasteiger partial charge in [-0.1, -0.05) is 24.3 Å². The summed E-state index contributed by atoms with van der Waals surface area (Å²) in [6.07, 6.45) is 0. The van der Waals surface area contributed by atoms with Gasteiger partial charge < -0.3 is 5.73 Å². The zero-order chi connectivity index (χ0) is 13.3. The van der Waals surface area contributed by atoms with Gasteiger partial charge in [0, 0.05) is 5.56 Å². The van der Waals surface area contributed by atoms with E-state index in [1.807, 2.05) is 26.0 Å². The number of hydrogen-bond donors (Lipinski definition) is 1. The van der Waals surface area contributed by atoms with E-state index in [1.165, 1.54) is 18.2 Å². The highest BCUT2D eigenvalue weighted by Gasteiger charge is 2.18. The van der Waals surface area contributed by atoms with Crippen molar-refractivity contribution in [3.8, 4) is 0 Å². The van der Waals surface area contributed by atoms with Gasteiger partial charge in [0.05, 0.1) is 6.04 Å². The van der Waals surface area contributed by atoms with Crippen LogP contribution >= 0.6 is 0 Å². The zero-order valence-electron chi connectivity index (χ0n) is 10.4. The molecule has 0 amide bonds. The van der Waals surface area contributed by atoms with E-state index in [-0.39, 0.29) is 5.56 Å². The molecule has 2 N–H and O–H groups in total. The third-order valence-corrected chi connectivity index (χ3v) is 3.20. The summed E-state index contributed by atoms with van der Waals surface area (Å²) in [7, 11) is 0. The number of benzene rings is 2. The van der Waals surface area contributed by atoms with Gasteiger partial charge in [0.2, 0.25) is 0 Å². The average Bonchev–Trinajstić information content (AvgIpc) is 2.32. The largest absolute Gasteiger partial charge is 0.320 e. The first-order valence-electron chi connectivity index (χ1n) is 5.77. The molecule has 0 heterocycles. The lowest BCUT2D eigenvalue weighted by Gasteiger charge is -2.15. The quantitative estimate of drug-likeness (QED) is 0.861. The van der Waals surface area contributed by atoms with Crippen molar-refractivity contribution in [3.63, 3.8) is 0 Å². The van der Waals surface area contributed by atoms with Crippen LogP contribution in [0.25, 0.3) is 0 Å². The molecule has 0 radical (unpaired) electrons. The smallest absolute Gasteiger partial charge is 0.131 e. The predicted molar refractivity (Wildman–Crippen MR) is 68.3 cm³/mol. The number of nitrogens with two attached hydrogens (primary N) is 1. The van der Waals surface area contributed by atoms with E-state index in [9.17, 15) is 8.78 Å². The van der Waals surface area contributed by atoms with Crippen LogP contribution in [-0.4, -0.2) is 0 Å². The van der Waals surface area contributed by atoms with Gasteiger partial charge >= 0.3 is 0 Å². The molecule has 1 nitrogen and oxygen atoms in total. The van der Waals surface area contributed by atoms with Gasteiger partial charge in [-0.3, -0.25) is 0 Å². The molecule has 18 heavy (non-hydrogen) atoms. The minimum Gasteiger partial charge on any atom is -0.320 e. The Balaban J connectivity index is 2.48. The molecule has 0 fully saturated rings. The highest BCUT2D eigenvalue weighted by Crippen LogP contribution is 2.26. The first-order chi connectivity index (χ1) is 8.50. The maximum Gasteiger partial charge on any atom is 0.131 e. The number of halogens is 2. The van der Waals surface area contributed by atoms with E-state index in [0.717, 1.165) is 11.1 Å². The molecule has 2 aromatic carbocycles. The fraction of sp³-hybridized carbons (Fsp3) is 0.200. The lowest BCUT2D eigenvalue weighted by atomic mass is 9.96. The Morgan fingerprint density at radius 2 is 1.56 bits per heavy atom. The summed E-state index contributed by atoms with van der Waals surface area (Å²) in [6.45, 7) is 3.93. The fourth-order valence-corrected chi connectivity index (χ4v) is 1.93. The Kier molecular flexibility index (Phi) is 3.43. The zero-order valence-corrected chi connectivity index (χ0v) is 10.4. The van der Waals surface area contributed by atoms with Crippen molar-refractivity contribution in [1.29, 1.82) is 0 Å². The second kappa shape index (κ2) is 4.86. The van der Waals surface area contributed by atoms with Crippen molar-refractivity contribution in [3.05, 3.63) is 70.3 Å². The van der Waals surface area contributed by atoms with Gasteiger partial charge in [-0.05, 0) is 42.7 Å². The van der Waals surface area contributed by atoms with Crippen molar-refractivity contribution < 1.29 is 8.78 Å². The van der Waals surface area contributed by atoms with Crippen LogP contribution in [0.1, 0.15) is 28.3 Å². The highest BCUT2D eigenvalue weighted by molar-refractivity contribution is 5.37. The summed E-state index contributed by atoms with van der Waals surface area (Å²) >= 11 is 0. The van der Waals surface area contributed by atoms with E-state index < -0.39 is 17.7 Å². The van der Waals surface area contributed by atoms with Gasteiger partial charge in [0.25, 0.3) is 0 Å². The lowest BCUT2D eigenvalue weighted by Crippen LogP contribution is -2.15. The predicted octanol–water partition coefficient (Wildman–Crippen LogP) is 3.63. The van der Waals surface area contributed by atoms with Crippen LogP contribution in [0.4, 0.5) is 8.78 Å². The highest BCUT2D eigenvalue weighted by atomic mass is 19.1. The minimum absolute atomic E-state index is 0.0826. The van der Waals surface area contributed by atoms with Crippen LogP contribution < -0.4 is 5.73 Å². The monoisotopic (exact) mass is 247 g/mol. The molecule has 0 saturated heterocycles. The van der Waals surface area contributed by atoms with E-state index in [4.69, 9.17) is 5.73 Å². The second-order valence-corrected chi connectivity index (χ2v) is 4.46. The summed E-state index contributed by atoms with van der Waals surface area (Å²) in [5.41, 5.74) is 8.76. The van der Waals surface area contributed by atoms with Crippen LogP contribution in [0.15, 0.2) is 36.4 Å². The molecule has 2 rings (SSSR count). The molecule has 2 aromatic rings. The first kappa shape index (κ1) is 12.7. The van der Waals surface area contributed by atoms with E-state index in [0.29, 0.717) is 5.56 Å². The van der Waals surface area contributed by atoms with Gasteiger partial charge in [0.15, 0.2) is 0 Å². The molecule has 1 unspecified atom stereocenters. The lowest BCUT2D eigenvalue weighted by molar-refractivity contribution is 0.543. The molecule has 0 bridgehead atoms. The number of aryl methyl sites for hydroxylation is 2. The third kappa shape index (κ3) is 2.27. The Morgan fingerprint density at radius 1 is 0.944 bits per heavy atom. The fourth-order valence-electron chi connectivity index (χ4n) is 1.93. The molecule has 1 atom stereocenters. The Labute approximate surface area is 105 Å². The van der Waals surface area contributed by atoms with Crippen LogP contribution in [0, 0.1) is 25.5 Å². The summed E-state index contributed by atoms with van der Waals surface area (Å²) < 4.78 is 27.3. The maximum absolute atomic E-state index is 13.6. The molecule has 0 spiro atoms. The van der Waals surface area contributed by atoms with Gasteiger partial charge in [-0.15, -0.1) is 0 Å². The van der Waals surface area contributed by atoms with Gasteiger partial charge in [-0.2, -0.15) is 0 Å². The molecule has 0 aliphatic heterocycles. The van der Waals surface area contributed by atoms with Crippen LogP contribution in [0.3, 0.4) is 0 Å². The summed E-state index contributed by atoms with van der Waals surface area (Å²) in [5, 5.41) is 0. The van der Waals surface area contributed by atoms with E-state index >= 15 is 0 Å². The number of rotatable bonds is 2. The molecular formula is C15H15F2N. The van der Waals surface area contributed by atoms with Crippen LogP contribution in [0.5, 0.6) is 0 Å². The standard InChI is InChI=1S/C15H15F2N/c1-9-6-7-11(8-10(9)2)15(18)14-12(16)4-3-5-13(14)17/h3-8,15H,18H2,1-2H3. The van der Waals surface area contributed by atoms with E-state index in [1.54, 1.807) is 6.07 Å². The Bertz CT molecular complexity index is 558. The van der Waals surface area contributed by atoms with Crippen molar-refractivity contribution in [2.24, 2.45) is 5.73 Å². The van der Waals surface area contributed by atoms with Gasteiger partial charge in [0.1, 0.15) is 11.6 Å². The molecule has 0 saturated carbocycles. The SMILES string of the molecule is Cc1ccc(C(N)c2c(F)cccc2F)cc1C.